The Labute approximate surface area is 93.8 Å². The SMILES string of the molecule is CCn1ccnc1CC(=O)c1cncn1C. The number of aromatic nitrogens is 4. The molecule has 0 atom stereocenters. The van der Waals surface area contributed by atoms with Crippen LogP contribution in [0.25, 0.3) is 0 Å². The maximum atomic E-state index is 11.9. The number of imidazole rings is 2. The molecule has 0 aliphatic heterocycles. The minimum absolute atomic E-state index is 0.0425. The van der Waals surface area contributed by atoms with Crippen molar-refractivity contribution in [2.45, 2.75) is 19.9 Å². The van der Waals surface area contributed by atoms with Gasteiger partial charge in [-0.05, 0) is 6.92 Å². The van der Waals surface area contributed by atoms with E-state index in [0.717, 1.165) is 12.4 Å². The van der Waals surface area contributed by atoms with Crippen molar-refractivity contribution in [2.24, 2.45) is 7.05 Å². The molecule has 0 amide bonds. The van der Waals surface area contributed by atoms with E-state index in [4.69, 9.17) is 0 Å². The smallest absolute Gasteiger partial charge is 0.188 e. The summed E-state index contributed by atoms with van der Waals surface area (Å²) in [6.45, 7) is 2.85. The van der Waals surface area contributed by atoms with Crippen molar-refractivity contribution >= 4 is 5.78 Å². The Balaban J connectivity index is 2.17. The van der Waals surface area contributed by atoms with Crippen LogP contribution in [0, 0.1) is 0 Å². The van der Waals surface area contributed by atoms with Crippen molar-refractivity contribution in [2.75, 3.05) is 0 Å². The molecular weight excluding hydrogens is 204 g/mol. The van der Waals surface area contributed by atoms with E-state index in [1.54, 1.807) is 23.3 Å². The maximum Gasteiger partial charge on any atom is 0.188 e. The zero-order valence-electron chi connectivity index (χ0n) is 9.42. The van der Waals surface area contributed by atoms with Gasteiger partial charge in [-0.1, -0.05) is 0 Å². The fourth-order valence-corrected chi connectivity index (χ4v) is 1.66. The average Bonchev–Trinajstić information content (AvgIpc) is 2.86. The fraction of sp³-hybridized carbons (Fsp3) is 0.364. The molecule has 16 heavy (non-hydrogen) atoms. The van der Waals surface area contributed by atoms with Crippen LogP contribution in [0.3, 0.4) is 0 Å². The summed E-state index contributed by atoms with van der Waals surface area (Å²) in [4.78, 5) is 20.1. The Morgan fingerprint density at radius 3 is 2.94 bits per heavy atom. The number of hydrogen-bond acceptors (Lipinski definition) is 3. The molecule has 0 aliphatic rings. The predicted molar refractivity (Wildman–Crippen MR) is 59.1 cm³/mol. The van der Waals surface area contributed by atoms with Crippen LogP contribution in [0.2, 0.25) is 0 Å². The molecule has 0 N–H and O–H groups in total. The zero-order valence-corrected chi connectivity index (χ0v) is 9.42. The molecule has 0 spiro atoms. The van der Waals surface area contributed by atoms with Gasteiger partial charge >= 0.3 is 0 Å². The molecule has 0 aliphatic carbocycles. The molecule has 0 saturated heterocycles. The average molecular weight is 218 g/mol. The van der Waals surface area contributed by atoms with Gasteiger partial charge in [0.1, 0.15) is 11.5 Å². The number of aryl methyl sites for hydroxylation is 2. The van der Waals surface area contributed by atoms with Gasteiger partial charge in [-0.15, -0.1) is 0 Å². The summed E-state index contributed by atoms with van der Waals surface area (Å²) in [6, 6.07) is 0. The van der Waals surface area contributed by atoms with Crippen molar-refractivity contribution in [3.05, 3.63) is 36.4 Å². The monoisotopic (exact) mass is 218 g/mol. The number of hydrogen-bond donors (Lipinski definition) is 0. The van der Waals surface area contributed by atoms with Crippen LogP contribution in [0.1, 0.15) is 23.2 Å². The molecule has 5 heteroatoms. The van der Waals surface area contributed by atoms with Gasteiger partial charge < -0.3 is 9.13 Å². The summed E-state index contributed by atoms with van der Waals surface area (Å²) >= 11 is 0. The number of rotatable bonds is 4. The first kappa shape index (κ1) is 10.6. The molecule has 2 heterocycles. The van der Waals surface area contributed by atoms with E-state index in [2.05, 4.69) is 9.97 Å². The van der Waals surface area contributed by atoms with Crippen LogP contribution in [-0.2, 0) is 20.0 Å². The van der Waals surface area contributed by atoms with E-state index in [1.807, 2.05) is 24.7 Å². The summed E-state index contributed by atoms with van der Waals surface area (Å²) in [5, 5.41) is 0. The molecule has 0 fully saturated rings. The highest BCUT2D eigenvalue weighted by Crippen LogP contribution is 2.05. The van der Waals surface area contributed by atoms with E-state index in [-0.39, 0.29) is 5.78 Å². The predicted octanol–water partition coefficient (Wildman–Crippen LogP) is 1.06. The van der Waals surface area contributed by atoms with Crippen LogP contribution in [0.5, 0.6) is 0 Å². The lowest BCUT2D eigenvalue weighted by atomic mass is 10.2. The Hall–Kier alpha value is -1.91. The maximum absolute atomic E-state index is 11.9. The second-order valence-electron chi connectivity index (χ2n) is 3.62. The van der Waals surface area contributed by atoms with Crippen LogP contribution >= 0.6 is 0 Å². The lowest BCUT2D eigenvalue weighted by molar-refractivity contribution is 0.0982. The van der Waals surface area contributed by atoms with Crippen molar-refractivity contribution < 1.29 is 4.79 Å². The zero-order chi connectivity index (χ0) is 11.5. The van der Waals surface area contributed by atoms with E-state index in [0.29, 0.717) is 12.1 Å². The molecule has 2 aromatic heterocycles. The molecular formula is C11H14N4O. The summed E-state index contributed by atoms with van der Waals surface area (Å²) in [5.41, 5.74) is 0.616. The number of carbonyl (C=O) groups is 1. The quantitative estimate of drug-likeness (QED) is 0.721. The third kappa shape index (κ3) is 1.88. The second kappa shape index (κ2) is 4.30. The molecule has 2 rings (SSSR count). The number of carbonyl (C=O) groups excluding carboxylic acids is 1. The summed E-state index contributed by atoms with van der Waals surface area (Å²) in [7, 11) is 1.81. The lowest BCUT2D eigenvalue weighted by Gasteiger charge is -2.04. The topological polar surface area (TPSA) is 52.7 Å². The van der Waals surface area contributed by atoms with Gasteiger partial charge in [-0.3, -0.25) is 4.79 Å². The molecule has 0 bridgehead atoms. The van der Waals surface area contributed by atoms with Crippen LogP contribution in [0.4, 0.5) is 0 Å². The Morgan fingerprint density at radius 1 is 1.50 bits per heavy atom. The minimum atomic E-state index is 0.0425. The van der Waals surface area contributed by atoms with Gasteiger partial charge in [-0.25, -0.2) is 9.97 Å². The van der Waals surface area contributed by atoms with Crippen molar-refractivity contribution in [1.82, 2.24) is 19.1 Å². The van der Waals surface area contributed by atoms with E-state index < -0.39 is 0 Å². The normalized spacial score (nSPS) is 10.6. The van der Waals surface area contributed by atoms with Gasteiger partial charge in [0, 0.05) is 26.0 Å². The fourth-order valence-electron chi connectivity index (χ4n) is 1.66. The van der Waals surface area contributed by atoms with Crippen LogP contribution < -0.4 is 0 Å². The summed E-state index contributed by atoms with van der Waals surface area (Å²) < 4.78 is 3.69. The Bertz CT molecular complexity index is 498. The van der Waals surface area contributed by atoms with Gasteiger partial charge in [0.05, 0.1) is 18.9 Å². The first-order valence-corrected chi connectivity index (χ1v) is 5.22. The molecule has 2 aromatic rings. The molecule has 0 saturated carbocycles. The Kier molecular flexibility index (Phi) is 2.85. The third-order valence-corrected chi connectivity index (χ3v) is 2.56. The minimum Gasteiger partial charge on any atom is -0.335 e. The van der Waals surface area contributed by atoms with Crippen LogP contribution in [0.15, 0.2) is 24.9 Å². The van der Waals surface area contributed by atoms with Gasteiger partial charge in [0.25, 0.3) is 0 Å². The van der Waals surface area contributed by atoms with Crippen molar-refractivity contribution in [1.29, 1.82) is 0 Å². The van der Waals surface area contributed by atoms with E-state index >= 15 is 0 Å². The number of ketones is 1. The molecule has 0 unspecified atom stereocenters. The highest BCUT2D eigenvalue weighted by molar-refractivity contribution is 5.95. The molecule has 0 aromatic carbocycles. The number of nitrogens with zero attached hydrogens (tertiary/aromatic N) is 4. The van der Waals surface area contributed by atoms with Crippen molar-refractivity contribution in [3.8, 4) is 0 Å². The standard InChI is InChI=1S/C11H14N4O/c1-3-15-5-4-13-11(15)6-10(16)9-7-12-8-14(9)2/h4-5,7-8H,3,6H2,1-2H3. The number of Topliss-reactive ketones (excluding diaryl/α,β-unsaturated/α-hetero) is 1. The second-order valence-corrected chi connectivity index (χ2v) is 3.62. The van der Waals surface area contributed by atoms with E-state index in [9.17, 15) is 4.79 Å². The lowest BCUT2D eigenvalue weighted by Crippen LogP contribution is -2.12. The largest absolute Gasteiger partial charge is 0.335 e. The highest BCUT2D eigenvalue weighted by Gasteiger charge is 2.13. The van der Waals surface area contributed by atoms with Crippen molar-refractivity contribution in [3.63, 3.8) is 0 Å². The third-order valence-electron chi connectivity index (χ3n) is 2.56. The first-order valence-electron chi connectivity index (χ1n) is 5.22. The molecule has 84 valence electrons. The first-order chi connectivity index (χ1) is 7.72. The summed E-state index contributed by atoms with van der Waals surface area (Å²) in [5.74, 6) is 0.842. The van der Waals surface area contributed by atoms with Gasteiger partial charge in [0.2, 0.25) is 0 Å². The van der Waals surface area contributed by atoms with E-state index in [1.165, 1.54) is 0 Å². The highest BCUT2D eigenvalue weighted by atomic mass is 16.1. The Morgan fingerprint density at radius 2 is 2.31 bits per heavy atom. The molecule has 0 radical (unpaired) electrons. The van der Waals surface area contributed by atoms with Gasteiger partial charge in [-0.2, -0.15) is 0 Å². The summed E-state index contributed by atoms with van der Waals surface area (Å²) in [6.07, 6.45) is 7.13. The molecule has 5 nitrogen and oxygen atoms in total. The van der Waals surface area contributed by atoms with Crippen LogP contribution in [-0.4, -0.2) is 24.9 Å². The van der Waals surface area contributed by atoms with Gasteiger partial charge in [0.15, 0.2) is 5.78 Å².